The Morgan fingerprint density at radius 1 is 1.13 bits per heavy atom. The van der Waals surface area contributed by atoms with E-state index in [0.29, 0.717) is 11.7 Å². The standard InChI is InChI=1S/C23H26IN3O4/c1-15-8-7-10-19(22(26-29-4)23(28)27(3)24)20(15)14-30-25-16(2)18-9-5-6-11-21(18)31-17-12-13-17/h5-11,17H,12-14H2,1-4H3/b25-16+,26-22+. The highest BCUT2D eigenvalue weighted by Gasteiger charge is 2.25. The van der Waals surface area contributed by atoms with Crippen molar-refractivity contribution in [3.63, 3.8) is 0 Å². The van der Waals surface area contributed by atoms with E-state index in [-0.39, 0.29) is 18.2 Å². The number of nitrogens with zero attached hydrogens (tertiary/aromatic N) is 3. The molecule has 3 rings (SSSR count). The fourth-order valence-electron chi connectivity index (χ4n) is 3.03. The van der Waals surface area contributed by atoms with Gasteiger partial charge in [0.2, 0.25) is 0 Å². The summed E-state index contributed by atoms with van der Waals surface area (Å²) in [6.07, 6.45) is 2.48. The molecule has 1 aliphatic carbocycles. The average molecular weight is 535 g/mol. The van der Waals surface area contributed by atoms with Gasteiger partial charge in [0.05, 0.1) is 34.7 Å². The van der Waals surface area contributed by atoms with Crippen LogP contribution in [0, 0.1) is 6.92 Å². The number of carbonyl (C=O) groups is 1. The first-order valence-electron chi connectivity index (χ1n) is 9.98. The molecule has 0 radical (unpaired) electrons. The van der Waals surface area contributed by atoms with Crippen molar-refractivity contribution in [2.45, 2.75) is 39.4 Å². The summed E-state index contributed by atoms with van der Waals surface area (Å²) in [4.78, 5) is 23.3. The largest absolute Gasteiger partial charge is 0.490 e. The van der Waals surface area contributed by atoms with Crippen molar-refractivity contribution in [1.82, 2.24) is 3.11 Å². The summed E-state index contributed by atoms with van der Waals surface area (Å²) >= 11 is 1.91. The summed E-state index contributed by atoms with van der Waals surface area (Å²) in [5.41, 5.74) is 4.29. The lowest BCUT2D eigenvalue weighted by Gasteiger charge is -2.15. The normalized spacial score (nSPS) is 14.2. The second-order valence-electron chi connectivity index (χ2n) is 7.27. The molecule has 164 valence electrons. The van der Waals surface area contributed by atoms with Crippen molar-refractivity contribution >= 4 is 40.2 Å². The zero-order chi connectivity index (χ0) is 22.4. The Hall–Kier alpha value is -2.62. The highest BCUT2D eigenvalue weighted by Crippen LogP contribution is 2.29. The van der Waals surface area contributed by atoms with E-state index >= 15 is 0 Å². The van der Waals surface area contributed by atoms with Gasteiger partial charge in [0.1, 0.15) is 19.5 Å². The van der Waals surface area contributed by atoms with Crippen molar-refractivity contribution < 1.29 is 19.2 Å². The average Bonchev–Trinajstić information content (AvgIpc) is 3.57. The second kappa shape index (κ2) is 10.6. The summed E-state index contributed by atoms with van der Waals surface area (Å²) in [6, 6.07) is 13.5. The number of benzene rings is 2. The van der Waals surface area contributed by atoms with Gasteiger partial charge in [0.25, 0.3) is 5.91 Å². The van der Waals surface area contributed by atoms with Crippen LogP contribution in [0.2, 0.25) is 0 Å². The van der Waals surface area contributed by atoms with Gasteiger partial charge in [0.15, 0.2) is 5.71 Å². The number of rotatable bonds is 9. The third kappa shape index (κ3) is 5.96. The molecule has 2 aromatic rings. The van der Waals surface area contributed by atoms with Gasteiger partial charge in [-0.1, -0.05) is 40.6 Å². The summed E-state index contributed by atoms with van der Waals surface area (Å²) in [7, 11) is 3.08. The molecule has 2 aromatic carbocycles. The van der Waals surface area contributed by atoms with Crippen LogP contribution in [0.4, 0.5) is 0 Å². The fourth-order valence-corrected chi connectivity index (χ4v) is 3.26. The zero-order valence-corrected chi connectivity index (χ0v) is 20.3. The van der Waals surface area contributed by atoms with Gasteiger partial charge in [-0.2, -0.15) is 0 Å². The molecule has 0 bridgehead atoms. The molecule has 1 amide bonds. The number of aryl methyl sites for hydroxylation is 1. The number of carbonyl (C=O) groups excluding carboxylic acids is 1. The van der Waals surface area contributed by atoms with Crippen molar-refractivity contribution in [3.8, 4) is 5.75 Å². The van der Waals surface area contributed by atoms with Crippen molar-refractivity contribution in [1.29, 1.82) is 0 Å². The Balaban J connectivity index is 1.82. The number of ether oxygens (including phenoxy) is 1. The van der Waals surface area contributed by atoms with Gasteiger partial charge in [-0.15, -0.1) is 0 Å². The third-order valence-electron chi connectivity index (χ3n) is 4.84. The third-order valence-corrected chi connectivity index (χ3v) is 5.27. The minimum Gasteiger partial charge on any atom is -0.490 e. The van der Waals surface area contributed by atoms with E-state index in [1.807, 2.05) is 79.2 Å². The van der Waals surface area contributed by atoms with Crippen LogP contribution < -0.4 is 4.74 Å². The number of oxime groups is 2. The Bertz CT molecular complexity index is 1000. The lowest BCUT2D eigenvalue weighted by molar-refractivity contribution is -0.117. The SMILES string of the molecule is CO/N=C(/C(=O)N(C)I)c1cccc(C)c1CO/N=C(\C)c1ccccc1OC1CC1. The van der Waals surface area contributed by atoms with Gasteiger partial charge in [0, 0.05) is 23.7 Å². The molecule has 0 aromatic heterocycles. The fraction of sp³-hybridized carbons (Fsp3) is 0.348. The molecule has 8 heteroatoms. The predicted octanol–water partition coefficient (Wildman–Crippen LogP) is 4.64. The summed E-state index contributed by atoms with van der Waals surface area (Å²) in [5.74, 6) is 0.553. The molecule has 0 spiro atoms. The molecule has 1 aliphatic rings. The Labute approximate surface area is 196 Å². The number of hydrogen-bond acceptors (Lipinski definition) is 6. The first kappa shape index (κ1) is 23.1. The quantitative estimate of drug-likeness (QED) is 0.203. The van der Waals surface area contributed by atoms with E-state index in [4.69, 9.17) is 14.4 Å². The van der Waals surface area contributed by atoms with Gasteiger partial charge in [-0.25, -0.2) is 0 Å². The van der Waals surface area contributed by atoms with E-state index in [1.165, 1.54) is 10.2 Å². The molecule has 0 atom stereocenters. The maximum Gasteiger partial charge on any atom is 0.284 e. The van der Waals surface area contributed by atoms with Gasteiger partial charge in [-0.05, 0) is 44.4 Å². The van der Waals surface area contributed by atoms with Crippen molar-refractivity contribution in [3.05, 3.63) is 64.7 Å². The minimum atomic E-state index is -0.264. The monoisotopic (exact) mass is 535 g/mol. The van der Waals surface area contributed by atoms with E-state index in [9.17, 15) is 4.79 Å². The maximum atomic E-state index is 12.6. The molecule has 1 fully saturated rings. The topological polar surface area (TPSA) is 72.7 Å². The number of para-hydroxylation sites is 1. The van der Waals surface area contributed by atoms with Gasteiger partial charge >= 0.3 is 0 Å². The lowest BCUT2D eigenvalue weighted by Crippen LogP contribution is -2.28. The lowest BCUT2D eigenvalue weighted by atomic mass is 9.98. The molecular formula is C23H26IN3O4. The van der Waals surface area contributed by atoms with Crippen LogP contribution in [0.3, 0.4) is 0 Å². The molecule has 0 aliphatic heterocycles. The van der Waals surface area contributed by atoms with E-state index in [2.05, 4.69) is 10.3 Å². The smallest absolute Gasteiger partial charge is 0.284 e. The molecule has 31 heavy (non-hydrogen) atoms. The first-order valence-corrected chi connectivity index (χ1v) is 10.9. The van der Waals surface area contributed by atoms with E-state index in [1.54, 1.807) is 7.05 Å². The highest BCUT2D eigenvalue weighted by molar-refractivity contribution is 14.1. The molecule has 0 saturated heterocycles. The van der Waals surface area contributed by atoms with Gasteiger partial charge in [-0.3, -0.25) is 7.91 Å². The van der Waals surface area contributed by atoms with Crippen LogP contribution in [0.5, 0.6) is 5.75 Å². The van der Waals surface area contributed by atoms with Crippen LogP contribution in [0.1, 0.15) is 42.0 Å². The molecule has 0 unspecified atom stereocenters. The van der Waals surface area contributed by atoms with Crippen molar-refractivity contribution in [2.24, 2.45) is 10.3 Å². The predicted molar refractivity (Wildman–Crippen MR) is 129 cm³/mol. The van der Waals surface area contributed by atoms with Gasteiger partial charge < -0.3 is 14.4 Å². The molecular weight excluding hydrogens is 509 g/mol. The highest BCUT2D eigenvalue weighted by atomic mass is 127. The van der Waals surface area contributed by atoms with Crippen LogP contribution >= 0.6 is 22.9 Å². The van der Waals surface area contributed by atoms with Crippen LogP contribution in [-0.2, 0) is 21.1 Å². The summed E-state index contributed by atoms with van der Waals surface area (Å²) in [5, 5.41) is 8.28. The Morgan fingerprint density at radius 3 is 2.52 bits per heavy atom. The van der Waals surface area contributed by atoms with Crippen molar-refractivity contribution in [2.75, 3.05) is 14.2 Å². The zero-order valence-electron chi connectivity index (χ0n) is 18.1. The first-order chi connectivity index (χ1) is 14.9. The number of halogens is 1. The Kier molecular flexibility index (Phi) is 7.89. The maximum absolute atomic E-state index is 12.6. The molecule has 1 saturated carbocycles. The Morgan fingerprint density at radius 2 is 1.84 bits per heavy atom. The van der Waals surface area contributed by atoms with Crippen LogP contribution in [0.15, 0.2) is 52.8 Å². The van der Waals surface area contributed by atoms with E-state index in [0.717, 1.165) is 41.0 Å². The number of likely N-dealkylation sites (N-methyl/N-ethyl adjacent to an activating group) is 1. The van der Waals surface area contributed by atoms with Crippen LogP contribution in [0.25, 0.3) is 0 Å². The molecule has 0 N–H and O–H groups in total. The van der Waals surface area contributed by atoms with Crippen LogP contribution in [-0.4, -0.2) is 40.7 Å². The summed E-state index contributed by atoms with van der Waals surface area (Å²) < 4.78 is 7.41. The minimum absolute atomic E-state index is 0.186. The summed E-state index contributed by atoms with van der Waals surface area (Å²) in [6.45, 7) is 4.03. The number of hydrogen-bond donors (Lipinski definition) is 0. The molecule has 0 heterocycles. The molecule has 7 nitrogen and oxygen atoms in total. The van der Waals surface area contributed by atoms with E-state index < -0.39 is 0 Å². The second-order valence-corrected chi connectivity index (χ2v) is 8.72. The number of amides is 1.